The Morgan fingerprint density at radius 1 is 0.968 bits per heavy atom. The SMILES string of the molecule is CS(=O)(=O)CCc1cc(Br)c2c(C#N)cnn2c1.CS(=O)(=O)CCc1cncc(Br)c1. The number of hydrogen-bond acceptors (Lipinski definition) is 7. The van der Waals surface area contributed by atoms with Crippen LogP contribution in [0.25, 0.3) is 5.52 Å². The van der Waals surface area contributed by atoms with E-state index in [0.717, 1.165) is 20.1 Å². The summed E-state index contributed by atoms with van der Waals surface area (Å²) < 4.78 is 47.2. The van der Waals surface area contributed by atoms with Crippen LogP contribution in [-0.4, -0.2) is 55.5 Å². The van der Waals surface area contributed by atoms with Crippen molar-refractivity contribution in [3.63, 3.8) is 0 Å². The molecule has 31 heavy (non-hydrogen) atoms. The first-order valence-corrected chi connectivity index (χ1v) is 14.6. The van der Waals surface area contributed by atoms with Crippen molar-refractivity contribution >= 4 is 57.1 Å². The van der Waals surface area contributed by atoms with Crippen LogP contribution in [0.2, 0.25) is 0 Å². The average molecular weight is 592 g/mol. The first kappa shape index (κ1) is 25.5. The van der Waals surface area contributed by atoms with Gasteiger partial charge in [-0.25, -0.2) is 21.4 Å². The summed E-state index contributed by atoms with van der Waals surface area (Å²) >= 11 is 6.65. The van der Waals surface area contributed by atoms with Crippen molar-refractivity contribution in [1.82, 2.24) is 14.6 Å². The molecule has 0 aliphatic carbocycles. The quantitative estimate of drug-likeness (QED) is 0.432. The van der Waals surface area contributed by atoms with E-state index in [-0.39, 0.29) is 11.5 Å². The Morgan fingerprint density at radius 2 is 1.58 bits per heavy atom. The van der Waals surface area contributed by atoms with Crippen LogP contribution >= 0.6 is 31.9 Å². The minimum atomic E-state index is -2.99. The first-order chi connectivity index (χ1) is 14.4. The van der Waals surface area contributed by atoms with Crippen molar-refractivity contribution in [2.45, 2.75) is 12.8 Å². The summed E-state index contributed by atoms with van der Waals surface area (Å²) in [6.45, 7) is 0. The largest absolute Gasteiger partial charge is 0.263 e. The molecule has 166 valence electrons. The molecule has 0 atom stereocenters. The molecular weight excluding hydrogens is 572 g/mol. The fourth-order valence-electron chi connectivity index (χ4n) is 2.54. The van der Waals surface area contributed by atoms with Gasteiger partial charge in [-0.3, -0.25) is 4.98 Å². The van der Waals surface area contributed by atoms with Crippen LogP contribution in [0.15, 0.2) is 45.9 Å². The Hall–Kier alpha value is -1.81. The lowest BCUT2D eigenvalue weighted by Crippen LogP contribution is -2.06. The van der Waals surface area contributed by atoms with Gasteiger partial charge >= 0.3 is 0 Å². The third kappa shape index (κ3) is 8.68. The maximum absolute atomic E-state index is 11.1. The Bertz CT molecular complexity index is 1330. The molecule has 0 radical (unpaired) electrons. The molecule has 0 bridgehead atoms. The molecule has 0 unspecified atom stereocenters. The van der Waals surface area contributed by atoms with Gasteiger partial charge in [0.1, 0.15) is 25.7 Å². The van der Waals surface area contributed by atoms with Crippen LogP contribution in [0.1, 0.15) is 16.7 Å². The molecule has 0 aromatic carbocycles. The predicted molar refractivity (Wildman–Crippen MR) is 126 cm³/mol. The molecular formula is C19H20Br2N4O4S2. The van der Waals surface area contributed by atoms with Gasteiger partial charge in [0.25, 0.3) is 0 Å². The van der Waals surface area contributed by atoms with E-state index >= 15 is 0 Å². The normalized spacial score (nSPS) is 11.6. The summed E-state index contributed by atoms with van der Waals surface area (Å²) in [7, 11) is -5.86. The summed E-state index contributed by atoms with van der Waals surface area (Å²) in [5.74, 6) is 0.266. The van der Waals surface area contributed by atoms with E-state index in [1.165, 1.54) is 18.7 Å². The molecule has 0 amide bonds. The van der Waals surface area contributed by atoms with Crippen LogP contribution < -0.4 is 0 Å². The van der Waals surface area contributed by atoms with Gasteiger partial charge in [0.2, 0.25) is 0 Å². The van der Waals surface area contributed by atoms with Crippen molar-refractivity contribution in [1.29, 1.82) is 5.26 Å². The average Bonchev–Trinajstić information content (AvgIpc) is 3.08. The molecule has 3 aromatic heterocycles. The van der Waals surface area contributed by atoms with Crippen LogP contribution in [-0.2, 0) is 32.5 Å². The second-order valence-corrected chi connectivity index (χ2v) is 13.2. The molecule has 0 N–H and O–H groups in total. The Morgan fingerprint density at radius 3 is 2.13 bits per heavy atom. The summed E-state index contributed by atoms with van der Waals surface area (Å²) in [6.07, 6.45) is 9.97. The third-order valence-corrected chi connectivity index (χ3v) is 6.96. The molecule has 0 spiro atoms. The van der Waals surface area contributed by atoms with Crippen LogP contribution in [0.5, 0.6) is 0 Å². The molecule has 3 heterocycles. The Kier molecular flexibility index (Phi) is 8.76. The zero-order valence-electron chi connectivity index (χ0n) is 16.8. The Balaban J connectivity index is 0.000000233. The lowest BCUT2D eigenvalue weighted by Gasteiger charge is -2.04. The number of nitriles is 1. The zero-order chi connectivity index (χ0) is 23.2. The van der Waals surface area contributed by atoms with Gasteiger partial charge in [-0.05, 0) is 68.0 Å². The topological polar surface area (TPSA) is 122 Å². The van der Waals surface area contributed by atoms with Gasteiger partial charge < -0.3 is 0 Å². The first-order valence-electron chi connectivity index (χ1n) is 8.88. The maximum Gasteiger partial charge on any atom is 0.147 e. The number of aryl methyl sites for hydroxylation is 2. The third-order valence-electron chi connectivity index (χ3n) is 4.03. The maximum atomic E-state index is 11.1. The van der Waals surface area contributed by atoms with E-state index in [1.807, 2.05) is 12.1 Å². The van der Waals surface area contributed by atoms with Crippen LogP contribution in [0.4, 0.5) is 0 Å². The highest BCUT2D eigenvalue weighted by Gasteiger charge is 2.10. The lowest BCUT2D eigenvalue weighted by atomic mass is 10.2. The summed E-state index contributed by atoms with van der Waals surface area (Å²) in [6, 6.07) is 5.75. The van der Waals surface area contributed by atoms with E-state index in [0.29, 0.717) is 23.9 Å². The molecule has 0 saturated carbocycles. The van der Waals surface area contributed by atoms with Gasteiger partial charge in [0.05, 0.1) is 28.8 Å². The van der Waals surface area contributed by atoms with Crippen LogP contribution in [0, 0.1) is 11.3 Å². The van der Waals surface area contributed by atoms with Crippen molar-refractivity contribution in [3.05, 3.63) is 62.6 Å². The second-order valence-electron chi connectivity index (χ2n) is 6.93. The summed E-state index contributed by atoms with van der Waals surface area (Å²) in [5, 5.41) is 13.0. The smallest absolute Gasteiger partial charge is 0.147 e. The van der Waals surface area contributed by atoms with E-state index in [4.69, 9.17) is 5.26 Å². The number of pyridine rings is 2. The number of nitrogens with zero attached hydrogens (tertiary/aromatic N) is 4. The number of fused-ring (bicyclic) bond motifs is 1. The van der Waals surface area contributed by atoms with Crippen molar-refractivity contribution < 1.29 is 16.8 Å². The summed E-state index contributed by atoms with van der Waals surface area (Å²) in [5.41, 5.74) is 2.96. The molecule has 12 heteroatoms. The highest BCUT2D eigenvalue weighted by atomic mass is 79.9. The number of hydrogen-bond donors (Lipinski definition) is 0. The van der Waals surface area contributed by atoms with Gasteiger partial charge in [0.15, 0.2) is 0 Å². The minimum Gasteiger partial charge on any atom is -0.263 e. The molecule has 3 rings (SSSR count). The zero-order valence-corrected chi connectivity index (χ0v) is 21.6. The number of sulfone groups is 2. The number of aromatic nitrogens is 3. The number of rotatable bonds is 6. The van der Waals surface area contributed by atoms with Gasteiger partial charge in [0, 0.05) is 40.0 Å². The van der Waals surface area contributed by atoms with Gasteiger partial charge in [-0.2, -0.15) is 10.4 Å². The standard InChI is InChI=1S/C11H10BrN3O2S.C8H10BrNO2S/c1-18(16,17)3-2-8-4-10(12)11-9(5-13)6-14-15(11)7-8;1-13(11,12)3-2-7-4-8(9)6-10-5-7/h4,6-7H,2-3H2,1H3;4-6H,2-3H2,1H3. The fourth-order valence-corrected chi connectivity index (χ4v) is 4.86. The fraction of sp³-hybridized carbons (Fsp3) is 0.316. The molecule has 3 aromatic rings. The van der Waals surface area contributed by atoms with Crippen molar-refractivity contribution in [2.24, 2.45) is 0 Å². The van der Waals surface area contributed by atoms with E-state index in [2.05, 4.69) is 48.0 Å². The van der Waals surface area contributed by atoms with Crippen molar-refractivity contribution in [2.75, 3.05) is 24.0 Å². The molecule has 0 aliphatic rings. The van der Waals surface area contributed by atoms with Gasteiger partial charge in [-0.15, -0.1) is 0 Å². The number of halogens is 2. The van der Waals surface area contributed by atoms with Crippen LogP contribution in [0.3, 0.4) is 0 Å². The van der Waals surface area contributed by atoms with E-state index in [9.17, 15) is 16.8 Å². The Labute approximate surface area is 198 Å². The highest BCUT2D eigenvalue weighted by molar-refractivity contribution is 9.11. The molecule has 0 aliphatic heterocycles. The van der Waals surface area contributed by atoms with Gasteiger partial charge in [-0.1, -0.05) is 0 Å². The van der Waals surface area contributed by atoms with E-state index < -0.39 is 19.7 Å². The van der Waals surface area contributed by atoms with E-state index in [1.54, 1.807) is 23.1 Å². The highest BCUT2D eigenvalue weighted by Crippen LogP contribution is 2.23. The monoisotopic (exact) mass is 590 g/mol. The lowest BCUT2D eigenvalue weighted by molar-refractivity contribution is 0.599. The predicted octanol–water partition coefficient (Wildman–Crippen LogP) is 2.99. The molecule has 0 fully saturated rings. The minimum absolute atomic E-state index is 0.0946. The molecule has 0 saturated heterocycles. The summed E-state index contributed by atoms with van der Waals surface area (Å²) in [4.78, 5) is 3.94. The molecule has 8 nitrogen and oxygen atoms in total. The van der Waals surface area contributed by atoms with Crippen molar-refractivity contribution in [3.8, 4) is 6.07 Å². The second kappa shape index (κ2) is 10.7.